The second-order valence-electron chi connectivity index (χ2n) is 4.22. The molecule has 7 N–H and O–H groups in total. The molecule has 20 heavy (non-hydrogen) atoms. The number of hydrogen-bond acceptors (Lipinski definition) is 5. The fraction of sp³-hybridized carbons (Fsp3) is 0.750. The Bertz CT molecular complexity index is 280. The molecule has 0 fully saturated rings. The van der Waals surface area contributed by atoms with Crippen LogP contribution >= 0.6 is 0 Å². The van der Waals surface area contributed by atoms with Gasteiger partial charge in [-0.05, 0) is 32.2 Å². The van der Waals surface area contributed by atoms with Gasteiger partial charge in [0.15, 0.2) is 0 Å². The van der Waals surface area contributed by atoms with E-state index in [1.807, 2.05) is 0 Å². The molecule has 0 aliphatic heterocycles. The van der Waals surface area contributed by atoms with Crippen LogP contribution in [0.1, 0.15) is 44.9 Å². The highest BCUT2D eigenvalue weighted by Gasteiger charge is 2.09. The van der Waals surface area contributed by atoms with Crippen molar-refractivity contribution < 1.29 is 29.7 Å². The number of aliphatic carboxylic acids is 3. The molecule has 118 valence electrons. The van der Waals surface area contributed by atoms with Crippen molar-refractivity contribution >= 4 is 17.9 Å². The first-order chi connectivity index (χ1) is 9.31. The van der Waals surface area contributed by atoms with Crippen LogP contribution in [0.3, 0.4) is 0 Å². The Kier molecular flexibility index (Phi) is 14.2. The summed E-state index contributed by atoms with van der Waals surface area (Å²) < 4.78 is 0. The third kappa shape index (κ3) is 18.7. The van der Waals surface area contributed by atoms with E-state index in [4.69, 9.17) is 26.8 Å². The molecule has 0 heterocycles. The summed E-state index contributed by atoms with van der Waals surface area (Å²) in [6.45, 7) is 0.604. The predicted octanol–water partition coefficient (Wildman–Crippen LogP) is 0.243. The highest BCUT2D eigenvalue weighted by Crippen LogP contribution is 1.98. The van der Waals surface area contributed by atoms with Gasteiger partial charge in [0.1, 0.15) is 6.04 Å². The van der Waals surface area contributed by atoms with Gasteiger partial charge in [0.05, 0.1) is 0 Å². The van der Waals surface area contributed by atoms with E-state index in [0.29, 0.717) is 25.8 Å². The Morgan fingerprint density at radius 3 is 1.60 bits per heavy atom. The molecule has 0 spiro atoms. The van der Waals surface area contributed by atoms with Crippen LogP contribution in [0.5, 0.6) is 0 Å². The van der Waals surface area contributed by atoms with E-state index in [1.54, 1.807) is 0 Å². The molecular weight excluding hydrogens is 268 g/mol. The van der Waals surface area contributed by atoms with Crippen molar-refractivity contribution in [1.29, 1.82) is 0 Å². The summed E-state index contributed by atoms with van der Waals surface area (Å²) in [5, 5.41) is 24.6. The zero-order chi connectivity index (χ0) is 16.0. The second-order valence-corrected chi connectivity index (χ2v) is 4.22. The fourth-order valence-corrected chi connectivity index (χ4v) is 1.18. The minimum Gasteiger partial charge on any atom is -0.481 e. The molecule has 0 aliphatic carbocycles. The summed E-state index contributed by atoms with van der Waals surface area (Å²) in [6, 6.07) is -0.716. The summed E-state index contributed by atoms with van der Waals surface area (Å²) in [5.74, 6) is -2.67. The third-order valence-corrected chi connectivity index (χ3v) is 2.32. The Morgan fingerprint density at radius 1 is 0.850 bits per heavy atom. The van der Waals surface area contributed by atoms with E-state index in [0.717, 1.165) is 12.8 Å². The normalized spacial score (nSPS) is 11.1. The van der Waals surface area contributed by atoms with Gasteiger partial charge in [0, 0.05) is 12.8 Å². The lowest BCUT2D eigenvalue weighted by Crippen LogP contribution is -2.29. The minimum absolute atomic E-state index is 0.0628. The maximum Gasteiger partial charge on any atom is 0.320 e. The van der Waals surface area contributed by atoms with Crippen LogP contribution in [0.25, 0.3) is 0 Å². The first-order valence-electron chi connectivity index (χ1n) is 6.43. The molecule has 0 radical (unpaired) electrons. The lowest BCUT2D eigenvalue weighted by atomic mass is 10.1. The van der Waals surface area contributed by atoms with Gasteiger partial charge in [0.25, 0.3) is 0 Å². The number of carboxylic acid groups (broad SMARTS) is 3. The van der Waals surface area contributed by atoms with Crippen LogP contribution in [0.2, 0.25) is 0 Å². The molecule has 0 aromatic rings. The fourth-order valence-electron chi connectivity index (χ4n) is 1.18. The zero-order valence-electron chi connectivity index (χ0n) is 11.5. The number of hydrogen-bond donors (Lipinski definition) is 5. The largest absolute Gasteiger partial charge is 0.481 e. The smallest absolute Gasteiger partial charge is 0.320 e. The minimum atomic E-state index is -0.933. The molecule has 0 bridgehead atoms. The highest BCUT2D eigenvalue weighted by molar-refractivity contribution is 5.72. The molecule has 0 aromatic carbocycles. The Balaban J connectivity index is 0. The van der Waals surface area contributed by atoms with Crippen LogP contribution in [0.15, 0.2) is 0 Å². The molecule has 0 rings (SSSR count). The van der Waals surface area contributed by atoms with Gasteiger partial charge < -0.3 is 26.8 Å². The van der Waals surface area contributed by atoms with Crippen LogP contribution in [0, 0.1) is 0 Å². The third-order valence-electron chi connectivity index (χ3n) is 2.32. The molecule has 1 unspecified atom stereocenters. The summed E-state index contributed by atoms with van der Waals surface area (Å²) in [5.41, 5.74) is 10.4. The predicted molar refractivity (Wildman–Crippen MR) is 72.3 cm³/mol. The van der Waals surface area contributed by atoms with Gasteiger partial charge in [-0.1, -0.05) is 6.42 Å². The standard InChI is InChI=1S/C6H14N2O2.C6H10O4/c7-4-2-1-3-5(8)6(9)10;7-5(8)3-1-2-4-6(9)10/h5H,1-4,7-8H2,(H,9,10);1-4H2,(H,7,8)(H,9,10). The first kappa shape index (κ1) is 20.6. The van der Waals surface area contributed by atoms with Crippen molar-refractivity contribution in [2.24, 2.45) is 11.5 Å². The molecule has 8 nitrogen and oxygen atoms in total. The maximum atomic E-state index is 10.1. The Morgan fingerprint density at radius 2 is 1.30 bits per heavy atom. The topological polar surface area (TPSA) is 164 Å². The van der Waals surface area contributed by atoms with E-state index in [-0.39, 0.29) is 12.8 Å². The first-order valence-corrected chi connectivity index (χ1v) is 6.43. The van der Waals surface area contributed by atoms with Gasteiger partial charge >= 0.3 is 17.9 Å². The van der Waals surface area contributed by atoms with Gasteiger partial charge in [-0.15, -0.1) is 0 Å². The summed E-state index contributed by atoms with van der Waals surface area (Å²) in [7, 11) is 0. The summed E-state index contributed by atoms with van der Waals surface area (Å²) in [4.78, 5) is 29.9. The molecular formula is C12H24N2O6. The number of carboxylic acids is 3. The van der Waals surface area contributed by atoms with Crippen LogP contribution in [-0.2, 0) is 14.4 Å². The van der Waals surface area contributed by atoms with Crippen molar-refractivity contribution in [3.05, 3.63) is 0 Å². The molecule has 0 aromatic heterocycles. The van der Waals surface area contributed by atoms with E-state index < -0.39 is 23.9 Å². The average Bonchev–Trinajstić information content (AvgIpc) is 2.35. The van der Waals surface area contributed by atoms with Gasteiger partial charge in [0.2, 0.25) is 0 Å². The molecule has 0 saturated heterocycles. The van der Waals surface area contributed by atoms with E-state index in [1.165, 1.54) is 0 Å². The Hall–Kier alpha value is -1.67. The van der Waals surface area contributed by atoms with E-state index >= 15 is 0 Å². The monoisotopic (exact) mass is 292 g/mol. The number of carbonyl (C=O) groups is 3. The molecule has 0 amide bonds. The van der Waals surface area contributed by atoms with Crippen molar-refractivity contribution in [3.63, 3.8) is 0 Å². The lowest BCUT2D eigenvalue weighted by molar-refractivity contribution is -0.139. The highest BCUT2D eigenvalue weighted by atomic mass is 16.4. The van der Waals surface area contributed by atoms with Crippen LogP contribution in [0.4, 0.5) is 0 Å². The van der Waals surface area contributed by atoms with E-state index in [9.17, 15) is 14.4 Å². The van der Waals surface area contributed by atoms with Gasteiger partial charge in [-0.25, -0.2) is 0 Å². The van der Waals surface area contributed by atoms with Crippen LogP contribution < -0.4 is 11.5 Å². The zero-order valence-corrected chi connectivity index (χ0v) is 11.5. The van der Waals surface area contributed by atoms with Gasteiger partial charge in [-0.2, -0.15) is 0 Å². The number of rotatable bonds is 10. The van der Waals surface area contributed by atoms with Crippen molar-refractivity contribution in [2.75, 3.05) is 6.54 Å². The Labute approximate surface area is 117 Å². The quantitative estimate of drug-likeness (QED) is 0.357. The molecule has 0 aliphatic rings. The molecule has 1 atom stereocenters. The number of nitrogens with two attached hydrogens (primary N) is 2. The van der Waals surface area contributed by atoms with Gasteiger partial charge in [-0.3, -0.25) is 14.4 Å². The molecule has 8 heteroatoms. The second kappa shape index (κ2) is 13.8. The summed E-state index contributed by atoms with van der Waals surface area (Å²) in [6.07, 6.45) is 3.18. The average molecular weight is 292 g/mol. The lowest BCUT2D eigenvalue weighted by Gasteiger charge is -2.03. The summed E-state index contributed by atoms with van der Waals surface area (Å²) >= 11 is 0. The maximum absolute atomic E-state index is 10.1. The van der Waals surface area contributed by atoms with Crippen molar-refractivity contribution in [2.45, 2.75) is 51.0 Å². The van der Waals surface area contributed by atoms with Crippen molar-refractivity contribution in [3.8, 4) is 0 Å². The SMILES string of the molecule is NCCCCC(N)C(=O)O.O=C(O)CCCCC(=O)O. The number of unbranched alkanes of at least 4 members (excludes halogenated alkanes) is 2. The van der Waals surface area contributed by atoms with Crippen LogP contribution in [-0.4, -0.2) is 45.8 Å². The molecule has 0 saturated carbocycles. The van der Waals surface area contributed by atoms with E-state index in [2.05, 4.69) is 0 Å². The van der Waals surface area contributed by atoms with Crippen molar-refractivity contribution in [1.82, 2.24) is 0 Å².